The number of fused-ring (bicyclic) bond motifs is 3. The van der Waals surface area contributed by atoms with Crippen molar-refractivity contribution in [2.45, 2.75) is 71.0 Å². The molecular formula is C27H32O3. The topological polar surface area (TPSA) is 46.5 Å². The molecule has 1 saturated carbocycles. The van der Waals surface area contributed by atoms with Crippen LogP contribution in [0, 0.1) is 5.41 Å². The molecule has 3 aromatic carbocycles. The zero-order valence-corrected chi connectivity index (χ0v) is 18.2. The number of benzene rings is 3. The van der Waals surface area contributed by atoms with E-state index in [1.807, 2.05) is 20.8 Å². The second kappa shape index (κ2) is 8.39. The monoisotopic (exact) mass is 404 g/mol. The average molecular weight is 405 g/mol. The molecule has 0 bridgehead atoms. The second-order valence-corrected chi connectivity index (χ2v) is 9.74. The Morgan fingerprint density at radius 3 is 2.37 bits per heavy atom. The normalized spacial score (nSPS) is 20.9. The first-order chi connectivity index (χ1) is 14.3. The molecule has 30 heavy (non-hydrogen) atoms. The van der Waals surface area contributed by atoms with Gasteiger partial charge in [-0.25, -0.2) is 0 Å². The Bertz CT molecular complexity index is 1050. The molecule has 0 amide bonds. The summed E-state index contributed by atoms with van der Waals surface area (Å²) in [5.41, 5.74) is 0.942. The highest BCUT2D eigenvalue weighted by Gasteiger charge is 2.33. The van der Waals surface area contributed by atoms with Crippen LogP contribution in [0.5, 0.6) is 0 Å². The molecule has 1 fully saturated rings. The summed E-state index contributed by atoms with van der Waals surface area (Å²) < 4.78 is 5.99. The summed E-state index contributed by atoms with van der Waals surface area (Å²) in [4.78, 5) is 12.6. The first-order valence-electron chi connectivity index (χ1n) is 11.1. The maximum absolute atomic E-state index is 12.6. The number of hydrogen-bond donors (Lipinski definition) is 1. The lowest BCUT2D eigenvalue weighted by atomic mass is 9.79. The van der Waals surface area contributed by atoms with Gasteiger partial charge in [-0.05, 0) is 51.8 Å². The van der Waals surface area contributed by atoms with E-state index in [0.29, 0.717) is 0 Å². The SMILES string of the molecule is CC(C)(C)C(O)CC(=O)O[C@H]1CCCC[C@@H]1c1cc2ccccc2c2ccccc12. The maximum Gasteiger partial charge on any atom is 0.308 e. The summed E-state index contributed by atoms with van der Waals surface area (Å²) in [7, 11) is 0. The van der Waals surface area contributed by atoms with Crippen molar-refractivity contribution >= 4 is 27.5 Å². The number of ether oxygens (including phenoxy) is 1. The fourth-order valence-electron chi connectivity index (χ4n) is 4.66. The minimum absolute atomic E-state index is 0.0468. The fourth-order valence-corrected chi connectivity index (χ4v) is 4.66. The van der Waals surface area contributed by atoms with E-state index in [-0.39, 0.29) is 29.8 Å². The number of esters is 1. The molecule has 0 heterocycles. The Kier molecular flexibility index (Phi) is 5.84. The molecule has 3 atom stereocenters. The highest BCUT2D eigenvalue weighted by Crippen LogP contribution is 2.41. The van der Waals surface area contributed by atoms with Crippen molar-refractivity contribution < 1.29 is 14.6 Å². The van der Waals surface area contributed by atoms with Crippen LogP contribution in [-0.4, -0.2) is 23.3 Å². The summed E-state index contributed by atoms with van der Waals surface area (Å²) in [5, 5.41) is 15.3. The predicted molar refractivity (Wildman–Crippen MR) is 123 cm³/mol. The van der Waals surface area contributed by atoms with Gasteiger partial charge < -0.3 is 9.84 Å². The van der Waals surface area contributed by atoms with Crippen LogP contribution in [0.2, 0.25) is 0 Å². The third-order valence-corrected chi connectivity index (χ3v) is 6.54. The molecule has 158 valence electrons. The molecule has 0 spiro atoms. The van der Waals surface area contributed by atoms with E-state index in [0.717, 1.165) is 25.7 Å². The number of carbonyl (C=O) groups excluding carboxylic acids is 1. The van der Waals surface area contributed by atoms with Crippen LogP contribution < -0.4 is 0 Å². The molecule has 3 heteroatoms. The molecule has 0 aliphatic heterocycles. The molecule has 3 aromatic rings. The zero-order valence-electron chi connectivity index (χ0n) is 18.2. The van der Waals surface area contributed by atoms with Gasteiger partial charge in [-0.3, -0.25) is 4.79 Å². The zero-order chi connectivity index (χ0) is 21.3. The number of carbonyl (C=O) groups is 1. The quantitative estimate of drug-likeness (QED) is 0.406. The van der Waals surface area contributed by atoms with E-state index in [4.69, 9.17) is 4.74 Å². The molecule has 1 unspecified atom stereocenters. The van der Waals surface area contributed by atoms with Gasteiger partial charge in [0, 0.05) is 5.92 Å². The molecule has 1 aliphatic carbocycles. The van der Waals surface area contributed by atoms with Crippen LogP contribution in [-0.2, 0) is 9.53 Å². The van der Waals surface area contributed by atoms with Gasteiger partial charge in [0.2, 0.25) is 0 Å². The van der Waals surface area contributed by atoms with E-state index in [9.17, 15) is 9.90 Å². The first-order valence-corrected chi connectivity index (χ1v) is 11.1. The average Bonchev–Trinajstić information content (AvgIpc) is 2.73. The predicted octanol–water partition coefficient (Wildman–Crippen LogP) is 6.36. The van der Waals surface area contributed by atoms with Gasteiger partial charge in [0.05, 0.1) is 12.5 Å². The van der Waals surface area contributed by atoms with E-state index in [2.05, 4.69) is 54.6 Å². The summed E-state index contributed by atoms with van der Waals surface area (Å²) in [5.74, 6) is -0.108. The molecule has 0 radical (unpaired) electrons. The van der Waals surface area contributed by atoms with Crippen molar-refractivity contribution in [3.8, 4) is 0 Å². The van der Waals surface area contributed by atoms with Crippen molar-refractivity contribution in [1.29, 1.82) is 0 Å². The minimum Gasteiger partial charge on any atom is -0.462 e. The molecule has 0 aromatic heterocycles. The molecule has 1 N–H and O–H groups in total. The molecular weight excluding hydrogens is 372 g/mol. The lowest BCUT2D eigenvalue weighted by Gasteiger charge is -2.33. The van der Waals surface area contributed by atoms with Crippen LogP contribution in [0.4, 0.5) is 0 Å². The number of hydrogen-bond acceptors (Lipinski definition) is 3. The Morgan fingerprint density at radius 1 is 1.00 bits per heavy atom. The Labute approximate surface area is 179 Å². The maximum atomic E-state index is 12.6. The molecule has 0 saturated heterocycles. The van der Waals surface area contributed by atoms with Crippen molar-refractivity contribution in [2.75, 3.05) is 0 Å². The van der Waals surface area contributed by atoms with Gasteiger partial charge in [-0.1, -0.05) is 81.8 Å². The van der Waals surface area contributed by atoms with Crippen LogP contribution in [0.1, 0.15) is 64.4 Å². The number of aliphatic hydroxyl groups is 1. The smallest absolute Gasteiger partial charge is 0.308 e. The van der Waals surface area contributed by atoms with E-state index in [1.165, 1.54) is 27.1 Å². The lowest BCUT2D eigenvalue weighted by Crippen LogP contribution is -2.33. The number of aliphatic hydroxyl groups excluding tert-OH is 1. The Morgan fingerprint density at radius 2 is 1.63 bits per heavy atom. The summed E-state index contributed by atoms with van der Waals surface area (Å²) in [6, 6.07) is 19.3. The Balaban J connectivity index is 1.67. The fraction of sp³-hybridized carbons (Fsp3) is 0.444. The van der Waals surface area contributed by atoms with Crippen LogP contribution in [0.3, 0.4) is 0 Å². The van der Waals surface area contributed by atoms with Gasteiger partial charge in [0.1, 0.15) is 6.10 Å². The van der Waals surface area contributed by atoms with Gasteiger partial charge in [0.25, 0.3) is 0 Å². The molecule has 4 rings (SSSR count). The van der Waals surface area contributed by atoms with E-state index in [1.54, 1.807) is 0 Å². The van der Waals surface area contributed by atoms with Crippen molar-refractivity contribution in [3.05, 3.63) is 60.2 Å². The van der Waals surface area contributed by atoms with Crippen molar-refractivity contribution in [3.63, 3.8) is 0 Å². The van der Waals surface area contributed by atoms with Crippen molar-refractivity contribution in [1.82, 2.24) is 0 Å². The third-order valence-electron chi connectivity index (χ3n) is 6.54. The van der Waals surface area contributed by atoms with Gasteiger partial charge in [0.15, 0.2) is 0 Å². The highest BCUT2D eigenvalue weighted by atomic mass is 16.5. The molecule has 3 nitrogen and oxygen atoms in total. The van der Waals surface area contributed by atoms with Gasteiger partial charge >= 0.3 is 5.97 Å². The summed E-state index contributed by atoms with van der Waals surface area (Å²) in [6.07, 6.45) is 3.32. The summed E-state index contributed by atoms with van der Waals surface area (Å²) in [6.45, 7) is 5.82. The second-order valence-electron chi connectivity index (χ2n) is 9.74. The minimum atomic E-state index is -0.700. The van der Waals surface area contributed by atoms with Crippen LogP contribution in [0.15, 0.2) is 54.6 Å². The number of rotatable bonds is 4. The van der Waals surface area contributed by atoms with E-state index >= 15 is 0 Å². The van der Waals surface area contributed by atoms with Crippen LogP contribution in [0.25, 0.3) is 21.5 Å². The van der Waals surface area contributed by atoms with E-state index < -0.39 is 6.10 Å². The first kappa shape index (κ1) is 20.9. The van der Waals surface area contributed by atoms with Gasteiger partial charge in [-0.2, -0.15) is 0 Å². The van der Waals surface area contributed by atoms with Crippen molar-refractivity contribution in [2.24, 2.45) is 5.41 Å². The summed E-state index contributed by atoms with van der Waals surface area (Å²) >= 11 is 0. The highest BCUT2D eigenvalue weighted by molar-refractivity contribution is 6.09. The lowest BCUT2D eigenvalue weighted by molar-refractivity contribution is -0.155. The van der Waals surface area contributed by atoms with Crippen LogP contribution >= 0.6 is 0 Å². The third kappa shape index (κ3) is 4.22. The van der Waals surface area contributed by atoms with Gasteiger partial charge in [-0.15, -0.1) is 0 Å². The standard InChI is InChI=1S/C27H32O3/c1-27(2,3)25(28)17-26(29)30-24-15-9-8-14-22(24)23-16-18-10-4-5-11-19(18)20-12-6-7-13-21(20)23/h4-7,10-13,16,22,24-25,28H,8-9,14-15,17H2,1-3H3/t22-,24+,25?/m1/s1. The molecule has 1 aliphatic rings. The largest absolute Gasteiger partial charge is 0.462 e. The Hall–Kier alpha value is -2.39.